The van der Waals surface area contributed by atoms with Gasteiger partial charge in [0.15, 0.2) is 0 Å². The van der Waals surface area contributed by atoms with Gasteiger partial charge in [-0.25, -0.2) is 0 Å². The predicted octanol–water partition coefficient (Wildman–Crippen LogP) is 5.04. The Balaban J connectivity index is 1.53. The van der Waals surface area contributed by atoms with Crippen LogP contribution >= 0.6 is 0 Å². The number of rotatable bonds is 2. The van der Waals surface area contributed by atoms with Crippen LogP contribution in [0.2, 0.25) is 0 Å². The summed E-state index contributed by atoms with van der Waals surface area (Å²) in [5.41, 5.74) is 0.555. The minimum absolute atomic E-state index is 0.120. The molecular weight excluding hydrogens is 296 g/mol. The Morgan fingerprint density at radius 1 is 0.917 bits per heavy atom. The van der Waals surface area contributed by atoms with Gasteiger partial charge in [0.05, 0.1) is 11.7 Å². The van der Waals surface area contributed by atoms with Crippen molar-refractivity contribution in [2.24, 2.45) is 40.9 Å². The minimum Gasteiger partial charge on any atom is -0.393 e. The van der Waals surface area contributed by atoms with Gasteiger partial charge in [0.2, 0.25) is 0 Å². The first-order chi connectivity index (χ1) is 11.4. The summed E-state index contributed by atoms with van der Waals surface area (Å²) in [7, 11) is 1.91. The van der Waals surface area contributed by atoms with Gasteiger partial charge in [0, 0.05) is 7.11 Å². The lowest BCUT2D eigenvalue weighted by Crippen LogP contribution is -2.51. The molecule has 24 heavy (non-hydrogen) atoms. The fourth-order valence-corrected chi connectivity index (χ4v) is 8.08. The van der Waals surface area contributed by atoms with E-state index in [1.54, 1.807) is 0 Å². The van der Waals surface area contributed by atoms with Crippen molar-refractivity contribution in [3.8, 4) is 0 Å². The van der Waals surface area contributed by atoms with Crippen LogP contribution < -0.4 is 0 Å². The van der Waals surface area contributed by atoms with E-state index < -0.39 is 0 Å². The maximum Gasteiger partial charge on any atom is 0.0653 e. The van der Waals surface area contributed by atoms with Crippen molar-refractivity contribution in [1.82, 2.24) is 0 Å². The summed E-state index contributed by atoms with van der Waals surface area (Å²) < 4.78 is 5.86. The third-order valence-electron chi connectivity index (χ3n) is 9.37. The molecule has 9 atom stereocenters. The van der Waals surface area contributed by atoms with Crippen LogP contribution in [-0.2, 0) is 4.74 Å². The summed E-state index contributed by atoms with van der Waals surface area (Å²) in [5, 5.41) is 10.3. The Labute approximate surface area is 148 Å². The lowest BCUT2D eigenvalue weighted by atomic mass is 9.49. The average Bonchev–Trinajstić information content (AvgIpc) is 2.91. The van der Waals surface area contributed by atoms with Crippen LogP contribution in [0.5, 0.6) is 0 Å². The van der Waals surface area contributed by atoms with E-state index in [1.807, 2.05) is 14.0 Å². The summed E-state index contributed by atoms with van der Waals surface area (Å²) >= 11 is 0. The number of hydrogen-bond donors (Lipinski definition) is 1. The second-order valence-electron chi connectivity index (χ2n) is 10.3. The molecule has 2 nitrogen and oxygen atoms in total. The lowest BCUT2D eigenvalue weighted by Gasteiger charge is -2.57. The second kappa shape index (κ2) is 5.98. The molecule has 0 amide bonds. The monoisotopic (exact) mass is 334 g/mol. The zero-order valence-corrected chi connectivity index (χ0v) is 16.3. The Morgan fingerprint density at radius 2 is 1.67 bits per heavy atom. The van der Waals surface area contributed by atoms with Crippen molar-refractivity contribution >= 4 is 0 Å². The number of ether oxygens (including phenoxy) is 1. The van der Waals surface area contributed by atoms with E-state index in [0.29, 0.717) is 11.3 Å². The van der Waals surface area contributed by atoms with E-state index in [9.17, 15) is 5.11 Å². The molecular formula is C22H38O2. The molecule has 0 heterocycles. The summed E-state index contributed by atoms with van der Waals surface area (Å²) in [6, 6.07) is 0. The van der Waals surface area contributed by atoms with Crippen LogP contribution in [-0.4, -0.2) is 23.9 Å². The Morgan fingerprint density at radius 3 is 2.38 bits per heavy atom. The molecule has 2 heteroatoms. The Bertz CT molecular complexity index is 475. The van der Waals surface area contributed by atoms with E-state index in [4.69, 9.17) is 4.74 Å². The lowest BCUT2D eigenvalue weighted by molar-refractivity contribution is -0.116. The molecule has 0 aromatic carbocycles. The molecule has 0 radical (unpaired) electrons. The number of aliphatic hydroxyl groups is 1. The fraction of sp³-hybridized carbons (Fsp3) is 1.00. The smallest absolute Gasteiger partial charge is 0.0653 e. The first-order valence-electron chi connectivity index (χ1n) is 10.6. The summed E-state index contributed by atoms with van der Waals surface area (Å²) in [6.07, 6.45) is 12.1. The highest BCUT2D eigenvalue weighted by molar-refractivity contribution is 5.07. The highest BCUT2D eigenvalue weighted by Gasteiger charge is 2.58. The van der Waals surface area contributed by atoms with Gasteiger partial charge < -0.3 is 9.84 Å². The van der Waals surface area contributed by atoms with Gasteiger partial charge in [0.1, 0.15) is 0 Å². The van der Waals surface area contributed by atoms with Crippen LogP contribution in [0.25, 0.3) is 0 Å². The molecule has 0 aromatic heterocycles. The molecule has 0 aliphatic heterocycles. The highest BCUT2D eigenvalue weighted by Crippen LogP contribution is 2.65. The SMILES string of the molecule is COC1(C)CC[C@H]2[C@@H](CC[C@@H]3[C@@H]2CC[C@]2(C)[C@@H](C(C)O)CC[C@@H]32)C1. The maximum absolute atomic E-state index is 10.3. The van der Waals surface area contributed by atoms with Crippen LogP contribution in [0.1, 0.15) is 78.6 Å². The summed E-state index contributed by atoms with van der Waals surface area (Å²) in [4.78, 5) is 0. The van der Waals surface area contributed by atoms with Crippen LogP contribution in [0.4, 0.5) is 0 Å². The third kappa shape index (κ3) is 2.50. The minimum atomic E-state index is -0.120. The van der Waals surface area contributed by atoms with Crippen molar-refractivity contribution in [2.45, 2.75) is 90.3 Å². The predicted molar refractivity (Wildman–Crippen MR) is 97.7 cm³/mol. The van der Waals surface area contributed by atoms with Crippen molar-refractivity contribution in [3.05, 3.63) is 0 Å². The summed E-state index contributed by atoms with van der Waals surface area (Å²) in [5.74, 6) is 5.21. The molecule has 4 fully saturated rings. The molecule has 0 saturated heterocycles. The number of aliphatic hydroxyl groups excluding tert-OH is 1. The van der Waals surface area contributed by atoms with Crippen LogP contribution in [0.3, 0.4) is 0 Å². The summed E-state index contributed by atoms with van der Waals surface area (Å²) in [6.45, 7) is 6.89. The van der Waals surface area contributed by atoms with Crippen molar-refractivity contribution in [3.63, 3.8) is 0 Å². The number of fused-ring (bicyclic) bond motifs is 5. The first kappa shape index (κ1) is 17.3. The van der Waals surface area contributed by atoms with E-state index in [-0.39, 0.29) is 11.7 Å². The molecule has 0 aromatic rings. The van der Waals surface area contributed by atoms with Gasteiger partial charge in [-0.05, 0) is 113 Å². The molecule has 4 rings (SSSR count). The Kier molecular flexibility index (Phi) is 4.32. The fourth-order valence-electron chi connectivity index (χ4n) is 8.08. The van der Waals surface area contributed by atoms with Gasteiger partial charge in [-0.15, -0.1) is 0 Å². The topological polar surface area (TPSA) is 29.5 Å². The van der Waals surface area contributed by atoms with E-state index >= 15 is 0 Å². The van der Waals surface area contributed by atoms with Crippen molar-refractivity contribution in [2.75, 3.05) is 7.11 Å². The standard InChI is InChI=1S/C22H38O2/c1-14(23)19-7-8-20-18-6-5-15-13-21(2,24-4)11-9-16(15)17(18)10-12-22(19,20)3/h14-20,23H,5-13H2,1-4H3/t14?,15-,16-,17+,18+,19+,20-,21?,22+/m0/s1. The zero-order valence-electron chi connectivity index (χ0n) is 16.3. The molecule has 4 aliphatic rings. The normalized spacial score (nSPS) is 55.4. The quantitative estimate of drug-likeness (QED) is 0.766. The van der Waals surface area contributed by atoms with Gasteiger partial charge in [-0.3, -0.25) is 0 Å². The molecule has 0 spiro atoms. The molecule has 4 aliphatic carbocycles. The van der Waals surface area contributed by atoms with E-state index in [2.05, 4.69) is 13.8 Å². The van der Waals surface area contributed by atoms with Crippen LogP contribution in [0.15, 0.2) is 0 Å². The zero-order chi connectivity index (χ0) is 17.1. The van der Waals surface area contributed by atoms with Gasteiger partial charge in [-0.2, -0.15) is 0 Å². The molecule has 0 bridgehead atoms. The average molecular weight is 335 g/mol. The highest BCUT2D eigenvalue weighted by atomic mass is 16.5. The second-order valence-corrected chi connectivity index (χ2v) is 10.3. The largest absolute Gasteiger partial charge is 0.393 e. The van der Waals surface area contributed by atoms with E-state index in [0.717, 1.165) is 29.6 Å². The molecule has 138 valence electrons. The van der Waals surface area contributed by atoms with Crippen LogP contribution in [0, 0.1) is 40.9 Å². The van der Waals surface area contributed by atoms with Crippen molar-refractivity contribution in [1.29, 1.82) is 0 Å². The maximum atomic E-state index is 10.3. The Hall–Kier alpha value is -0.0800. The first-order valence-corrected chi connectivity index (χ1v) is 10.6. The van der Waals surface area contributed by atoms with Crippen molar-refractivity contribution < 1.29 is 9.84 Å². The third-order valence-corrected chi connectivity index (χ3v) is 9.37. The molecule has 4 saturated carbocycles. The van der Waals surface area contributed by atoms with E-state index in [1.165, 1.54) is 57.8 Å². The van der Waals surface area contributed by atoms with Gasteiger partial charge in [0.25, 0.3) is 0 Å². The van der Waals surface area contributed by atoms with Gasteiger partial charge in [-0.1, -0.05) is 6.92 Å². The number of hydrogen-bond acceptors (Lipinski definition) is 2. The van der Waals surface area contributed by atoms with Gasteiger partial charge >= 0.3 is 0 Å². The molecule has 2 unspecified atom stereocenters. The number of methoxy groups -OCH3 is 1. The molecule has 1 N–H and O–H groups in total.